The van der Waals surface area contributed by atoms with Gasteiger partial charge in [0.1, 0.15) is 0 Å². The number of hydrogen-bond donors (Lipinski definition) is 2. The van der Waals surface area contributed by atoms with Crippen molar-refractivity contribution in [1.82, 2.24) is 14.3 Å². The van der Waals surface area contributed by atoms with Crippen molar-refractivity contribution >= 4 is 10.2 Å². The Hall–Kier alpha value is -0.950. The third kappa shape index (κ3) is 5.57. The van der Waals surface area contributed by atoms with E-state index in [9.17, 15) is 8.42 Å². The van der Waals surface area contributed by atoms with Gasteiger partial charge in [0.2, 0.25) is 0 Å². The summed E-state index contributed by atoms with van der Waals surface area (Å²) in [6.07, 6.45) is 4.27. The van der Waals surface area contributed by atoms with Crippen molar-refractivity contribution in [2.45, 2.75) is 51.1 Å². The topological polar surface area (TPSA) is 61.4 Å². The molecule has 1 aliphatic heterocycles. The van der Waals surface area contributed by atoms with E-state index in [4.69, 9.17) is 0 Å². The van der Waals surface area contributed by atoms with E-state index in [2.05, 4.69) is 17.0 Å². The van der Waals surface area contributed by atoms with E-state index in [0.29, 0.717) is 0 Å². The Balaban J connectivity index is 2.01. The smallest absolute Gasteiger partial charge is 0.279 e. The van der Waals surface area contributed by atoms with Gasteiger partial charge in [0.25, 0.3) is 10.2 Å². The molecule has 0 bridgehead atoms. The first-order valence-electron chi connectivity index (χ1n) is 8.53. The van der Waals surface area contributed by atoms with Crippen LogP contribution in [0.1, 0.15) is 38.2 Å². The lowest BCUT2D eigenvalue weighted by Crippen LogP contribution is -2.50. The highest BCUT2D eigenvalue weighted by molar-refractivity contribution is 7.87. The molecule has 1 fully saturated rings. The minimum absolute atomic E-state index is 0.0587. The average molecular weight is 340 g/mol. The fourth-order valence-corrected chi connectivity index (χ4v) is 4.50. The maximum atomic E-state index is 12.7. The van der Waals surface area contributed by atoms with Crippen LogP contribution in [-0.4, -0.2) is 44.9 Å². The highest BCUT2D eigenvalue weighted by Gasteiger charge is 2.29. The SMILES string of the molecule is CCC[C@H](Cc1ccccc1)NS(=O)(=O)N(C)C1CCNCC1. The molecular weight excluding hydrogens is 310 g/mol. The summed E-state index contributed by atoms with van der Waals surface area (Å²) < 4.78 is 29.8. The lowest BCUT2D eigenvalue weighted by molar-refractivity contribution is 0.291. The number of rotatable bonds is 8. The van der Waals surface area contributed by atoms with E-state index in [1.807, 2.05) is 30.3 Å². The average Bonchev–Trinajstić information content (AvgIpc) is 2.56. The monoisotopic (exact) mass is 339 g/mol. The van der Waals surface area contributed by atoms with Crippen LogP contribution in [0.5, 0.6) is 0 Å². The molecule has 130 valence electrons. The minimum atomic E-state index is -3.45. The summed E-state index contributed by atoms with van der Waals surface area (Å²) in [5.74, 6) is 0. The molecule has 2 N–H and O–H groups in total. The molecule has 1 atom stereocenters. The maximum Gasteiger partial charge on any atom is 0.279 e. The van der Waals surface area contributed by atoms with Gasteiger partial charge in [0.05, 0.1) is 0 Å². The van der Waals surface area contributed by atoms with Crippen LogP contribution in [0.4, 0.5) is 0 Å². The normalized spacial score (nSPS) is 18.2. The molecule has 1 aliphatic rings. The summed E-state index contributed by atoms with van der Waals surface area (Å²) in [7, 11) is -1.75. The molecule has 1 saturated heterocycles. The van der Waals surface area contributed by atoms with Gasteiger partial charge < -0.3 is 5.32 Å². The summed E-state index contributed by atoms with van der Waals surface area (Å²) in [4.78, 5) is 0. The van der Waals surface area contributed by atoms with E-state index in [1.54, 1.807) is 7.05 Å². The molecule has 0 saturated carbocycles. The minimum Gasteiger partial charge on any atom is -0.317 e. The molecule has 1 aromatic carbocycles. The van der Waals surface area contributed by atoms with E-state index in [-0.39, 0.29) is 12.1 Å². The third-order valence-electron chi connectivity index (χ3n) is 4.48. The van der Waals surface area contributed by atoms with Gasteiger partial charge in [0.15, 0.2) is 0 Å². The zero-order valence-electron chi connectivity index (χ0n) is 14.2. The standard InChI is InChI=1S/C17H29N3O2S/c1-3-7-16(14-15-8-5-4-6-9-15)19-23(21,22)20(2)17-10-12-18-13-11-17/h4-6,8-9,16-19H,3,7,10-14H2,1-2H3/t16-/m1/s1. The van der Waals surface area contributed by atoms with Gasteiger partial charge in [-0.2, -0.15) is 17.4 Å². The predicted octanol–water partition coefficient (Wildman–Crippen LogP) is 1.92. The van der Waals surface area contributed by atoms with E-state index >= 15 is 0 Å². The molecule has 0 spiro atoms. The first-order chi connectivity index (χ1) is 11.0. The van der Waals surface area contributed by atoms with Crippen LogP contribution < -0.4 is 10.0 Å². The van der Waals surface area contributed by atoms with Gasteiger partial charge >= 0.3 is 0 Å². The van der Waals surface area contributed by atoms with E-state index < -0.39 is 10.2 Å². The summed E-state index contributed by atoms with van der Waals surface area (Å²) in [6, 6.07) is 10.1. The van der Waals surface area contributed by atoms with Crippen molar-refractivity contribution in [2.75, 3.05) is 20.1 Å². The van der Waals surface area contributed by atoms with Gasteiger partial charge in [-0.15, -0.1) is 0 Å². The maximum absolute atomic E-state index is 12.7. The highest BCUT2D eigenvalue weighted by Crippen LogP contribution is 2.15. The Kier molecular flexibility index (Phi) is 7.02. The van der Waals surface area contributed by atoms with Crippen molar-refractivity contribution in [2.24, 2.45) is 0 Å². The number of nitrogens with zero attached hydrogens (tertiary/aromatic N) is 1. The molecule has 0 unspecified atom stereocenters. The van der Waals surface area contributed by atoms with Crippen molar-refractivity contribution in [3.63, 3.8) is 0 Å². The van der Waals surface area contributed by atoms with Crippen LogP contribution in [0.15, 0.2) is 30.3 Å². The second-order valence-corrected chi connectivity index (χ2v) is 8.06. The fraction of sp³-hybridized carbons (Fsp3) is 0.647. The van der Waals surface area contributed by atoms with E-state index in [1.165, 1.54) is 4.31 Å². The molecule has 1 aromatic rings. The number of nitrogens with one attached hydrogen (secondary N) is 2. The molecule has 0 aromatic heterocycles. The van der Waals surface area contributed by atoms with Crippen LogP contribution in [0.25, 0.3) is 0 Å². The lowest BCUT2D eigenvalue weighted by Gasteiger charge is -2.32. The second kappa shape index (κ2) is 8.78. The summed E-state index contributed by atoms with van der Waals surface area (Å²) in [6.45, 7) is 3.85. The van der Waals surface area contributed by atoms with Crippen molar-refractivity contribution < 1.29 is 8.42 Å². The van der Waals surface area contributed by atoms with Crippen LogP contribution in [0.2, 0.25) is 0 Å². The number of benzene rings is 1. The van der Waals surface area contributed by atoms with Crippen molar-refractivity contribution in [3.05, 3.63) is 35.9 Å². The molecule has 0 radical (unpaired) electrons. The Morgan fingerprint density at radius 1 is 1.26 bits per heavy atom. The van der Waals surface area contributed by atoms with Crippen molar-refractivity contribution in [3.8, 4) is 0 Å². The largest absolute Gasteiger partial charge is 0.317 e. The number of piperidine rings is 1. The Labute approximate surface area is 140 Å². The third-order valence-corrected chi connectivity index (χ3v) is 6.17. The Morgan fingerprint density at radius 2 is 1.91 bits per heavy atom. The first kappa shape index (κ1) is 18.4. The van der Waals surface area contributed by atoms with Crippen LogP contribution in [0, 0.1) is 0 Å². The molecule has 23 heavy (non-hydrogen) atoms. The van der Waals surface area contributed by atoms with Crippen LogP contribution >= 0.6 is 0 Å². The lowest BCUT2D eigenvalue weighted by atomic mass is 10.0. The zero-order valence-corrected chi connectivity index (χ0v) is 15.0. The molecule has 0 aliphatic carbocycles. The van der Waals surface area contributed by atoms with Crippen molar-refractivity contribution in [1.29, 1.82) is 0 Å². The second-order valence-electron chi connectivity index (χ2n) is 6.30. The fourth-order valence-electron chi connectivity index (χ4n) is 3.11. The van der Waals surface area contributed by atoms with Gasteiger partial charge in [0, 0.05) is 19.1 Å². The molecule has 1 heterocycles. The summed E-state index contributed by atoms with van der Waals surface area (Å²) in [5.41, 5.74) is 1.16. The van der Waals surface area contributed by atoms with Gasteiger partial charge in [-0.1, -0.05) is 43.7 Å². The molecule has 6 heteroatoms. The summed E-state index contributed by atoms with van der Waals surface area (Å²) >= 11 is 0. The molecule has 5 nitrogen and oxygen atoms in total. The van der Waals surface area contributed by atoms with Gasteiger partial charge in [-0.25, -0.2) is 0 Å². The predicted molar refractivity (Wildman–Crippen MR) is 94.6 cm³/mol. The quantitative estimate of drug-likeness (QED) is 0.761. The van der Waals surface area contributed by atoms with Gasteiger partial charge in [-0.05, 0) is 44.3 Å². The highest BCUT2D eigenvalue weighted by atomic mass is 32.2. The number of hydrogen-bond acceptors (Lipinski definition) is 3. The molecule has 0 amide bonds. The first-order valence-corrected chi connectivity index (χ1v) is 9.97. The van der Waals surface area contributed by atoms with Crippen LogP contribution in [-0.2, 0) is 16.6 Å². The molecule has 2 rings (SSSR count). The van der Waals surface area contributed by atoms with Gasteiger partial charge in [-0.3, -0.25) is 0 Å². The summed E-state index contributed by atoms with van der Waals surface area (Å²) in [5, 5.41) is 3.27. The Morgan fingerprint density at radius 3 is 2.52 bits per heavy atom. The zero-order chi connectivity index (χ0) is 16.7. The molecular formula is C17H29N3O2S. The van der Waals surface area contributed by atoms with E-state index in [0.717, 1.165) is 50.8 Å². The Bertz CT molecular complexity index is 556. The van der Waals surface area contributed by atoms with Crippen LogP contribution in [0.3, 0.4) is 0 Å².